The molecule has 0 fully saturated rings. The van der Waals surface area contributed by atoms with Gasteiger partial charge in [-0.1, -0.05) is 0 Å². The summed E-state index contributed by atoms with van der Waals surface area (Å²) in [7, 11) is -3.00. The fourth-order valence-corrected chi connectivity index (χ4v) is 3.81. The highest BCUT2D eigenvalue weighted by molar-refractivity contribution is 7.89. The maximum Gasteiger partial charge on any atom is 0.318 e. The first-order chi connectivity index (χ1) is 9.50. The maximum atomic E-state index is 12.4. The Morgan fingerprint density at radius 2 is 1.86 bits per heavy atom. The predicted molar refractivity (Wildman–Crippen MR) is 74.8 cm³/mol. The smallest absolute Gasteiger partial charge is 0.318 e. The van der Waals surface area contributed by atoms with Gasteiger partial charge in [0.05, 0.1) is 9.82 Å². The maximum absolute atomic E-state index is 12.4. The monoisotopic (exact) mass is 316 g/mol. The van der Waals surface area contributed by atoms with Gasteiger partial charge in [0, 0.05) is 18.2 Å². The number of nitro benzene ring substituents is 1. The Morgan fingerprint density at radius 1 is 1.33 bits per heavy atom. The number of hydrogen-bond donors (Lipinski definition) is 1. The number of hydrogen-bond acceptors (Lipinski definition) is 5. The Bertz CT molecular complexity index is 711. The Morgan fingerprint density at radius 3 is 2.29 bits per heavy atom. The molecule has 0 atom stereocenters. The van der Waals surface area contributed by atoms with Gasteiger partial charge in [-0.15, -0.1) is 0 Å². The molecule has 0 unspecified atom stereocenters. The van der Waals surface area contributed by atoms with E-state index in [-0.39, 0.29) is 16.1 Å². The lowest BCUT2D eigenvalue weighted by Gasteiger charge is -2.19. The van der Waals surface area contributed by atoms with Crippen molar-refractivity contribution < 1.29 is 23.2 Å². The highest BCUT2D eigenvalue weighted by atomic mass is 32.2. The van der Waals surface area contributed by atoms with Crippen molar-refractivity contribution in [2.24, 2.45) is 0 Å². The first-order valence-corrected chi connectivity index (χ1v) is 7.37. The van der Waals surface area contributed by atoms with Crippen LogP contribution in [0.2, 0.25) is 0 Å². The topological polar surface area (TPSA) is 118 Å². The lowest BCUT2D eigenvalue weighted by Crippen LogP contribution is -2.33. The highest BCUT2D eigenvalue weighted by Crippen LogP contribution is 2.32. The average molecular weight is 316 g/mol. The van der Waals surface area contributed by atoms with Crippen molar-refractivity contribution in [2.75, 3.05) is 13.6 Å². The van der Waals surface area contributed by atoms with Crippen molar-refractivity contribution in [3.8, 4) is 0 Å². The number of aryl methyl sites for hydroxylation is 2. The minimum atomic E-state index is -4.12. The van der Waals surface area contributed by atoms with Crippen LogP contribution in [0.3, 0.4) is 0 Å². The van der Waals surface area contributed by atoms with Crippen LogP contribution >= 0.6 is 0 Å². The minimum absolute atomic E-state index is 0.00902. The van der Waals surface area contributed by atoms with Crippen LogP contribution in [0.1, 0.15) is 16.7 Å². The minimum Gasteiger partial charge on any atom is -0.480 e. The summed E-state index contributed by atoms with van der Waals surface area (Å²) >= 11 is 0. The van der Waals surface area contributed by atoms with Crippen molar-refractivity contribution >= 4 is 21.7 Å². The summed E-state index contributed by atoms with van der Waals surface area (Å²) in [6.45, 7) is 3.67. The van der Waals surface area contributed by atoms with Gasteiger partial charge in [0.1, 0.15) is 6.54 Å². The molecule has 0 amide bonds. The van der Waals surface area contributed by atoms with Crippen molar-refractivity contribution in [1.82, 2.24) is 4.31 Å². The molecule has 8 nitrogen and oxygen atoms in total. The van der Waals surface area contributed by atoms with Gasteiger partial charge in [-0.3, -0.25) is 14.9 Å². The quantitative estimate of drug-likeness (QED) is 0.644. The fourth-order valence-electron chi connectivity index (χ4n) is 2.27. The van der Waals surface area contributed by atoms with Gasteiger partial charge < -0.3 is 5.11 Å². The summed E-state index contributed by atoms with van der Waals surface area (Å²) in [5.41, 5.74) is 0.431. The van der Waals surface area contributed by atoms with Crippen molar-refractivity contribution in [1.29, 1.82) is 0 Å². The first-order valence-electron chi connectivity index (χ1n) is 5.93. The van der Waals surface area contributed by atoms with Crippen molar-refractivity contribution in [2.45, 2.75) is 25.7 Å². The van der Waals surface area contributed by atoms with Crippen LogP contribution in [0.4, 0.5) is 5.69 Å². The van der Waals surface area contributed by atoms with Crippen LogP contribution in [-0.4, -0.2) is 42.3 Å². The Balaban J connectivity index is 3.60. The molecular weight excluding hydrogens is 300 g/mol. The fraction of sp³-hybridized carbons (Fsp3) is 0.417. The third-order valence-corrected chi connectivity index (χ3v) is 5.16. The zero-order chi connectivity index (χ0) is 16.5. The molecule has 1 aromatic carbocycles. The van der Waals surface area contributed by atoms with Crippen molar-refractivity contribution in [3.63, 3.8) is 0 Å². The van der Waals surface area contributed by atoms with Crippen LogP contribution in [-0.2, 0) is 14.8 Å². The number of nitro groups is 1. The lowest BCUT2D eigenvalue weighted by atomic mass is 10.1. The summed E-state index contributed by atoms with van der Waals surface area (Å²) in [6.07, 6.45) is 0. The van der Waals surface area contributed by atoms with E-state index in [9.17, 15) is 23.3 Å². The molecule has 0 aromatic heterocycles. The van der Waals surface area contributed by atoms with E-state index in [4.69, 9.17) is 5.11 Å². The Labute approximate surface area is 122 Å². The lowest BCUT2D eigenvalue weighted by molar-refractivity contribution is -0.386. The van der Waals surface area contributed by atoms with Crippen LogP contribution < -0.4 is 0 Å². The molecule has 1 aromatic rings. The first kappa shape index (κ1) is 17.1. The number of nitrogens with zero attached hydrogens (tertiary/aromatic N) is 2. The molecule has 0 saturated heterocycles. The van der Waals surface area contributed by atoms with Gasteiger partial charge in [-0.2, -0.15) is 4.31 Å². The molecule has 116 valence electrons. The molecule has 21 heavy (non-hydrogen) atoms. The summed E-state index contributed by atoms with van der Waals surface area (Å²) in [5.74, 6) is -1.31. The number of likely N-dealkylation sites (N-methyl/N-ethyl adjacent to an activating group) is 1. The van der Waals surface area contributed by atoms with Gasteiger partial charge in [-0.25, -0.2) is 8.42 Å². The second kappa shape index (κ2) is 5.78. The van der Waals surface area contributed by atoms with E-state index in [2.05, 4.69) is 0 Å². The van der Waals surface area contributed by atoms with Gasteiger partial charge in [0.15, 0.2) is 0 Å². The molecule has 0 aliphatic rings. The highest BCUT2D eigenvalue weighted by Gasteiger charge is 2.31. The van der Waals surface area contributed by atoms with E-state index in [1.165, 1.54) is 26.8 Å². The van der Waals surface area contributed by atoms with E-state index in [0.29, 0.717) is 15.4 Å². The number of carboxylic acid groups (broad SMARTS) is 1. The molecular formula is C12H16N2O6S. The Kier molecular flexibility index (Phi) is 4.69. The largest absolute Gasteiger partial charge is 0.480 e. The molecule has 0 saturated carbocycles. The van der Waals surface area contributed by atoms with Crippen LogP contribution in [0.5, 0.6) is 0 Å². The second-order valence-corrected chi connectivity index (χ2v) is 6.71. The molecule has 9 heteroatoms. The SMILES string of the molecule is Cc1cc(C)c(S(=O)(=O)N(C)CC(=O)O)c(C)c1[N+](=O)[O-]. The number of benzene rings is 1. The number of carboxylic acids is 1. The van der Waals surface area contributed by atoms with Crippen molar-refractivity contribution in [3.05, 3.63) is 32.9 Å². The molecule has 1 N–H and O–H groups in total. The molecule has 0 aliphatic heterocycles. The Hall–Kier alpha value is -2.00. The summed E-state index contributed by atoms with van der Waals surface area (Å²) in [6, 6.07) is 1.41. The van der Waals surface area contributed by atoms with Crippen LogP contribution in [0.25, 0.3) is 0 Å². The third kappa shape index (κ3) is 3.19. The summed E-state index contributed by atoms with van der Waals surface area (Å²) < 4.78 is 25.5. The molecule has 0 radical (unpaired) electrons. The van der Waals surface area contributed by atoms with E-state index in [1.807, 2.05) is 0 Å². The number of rotatable bonds is 5. The number of carbonyl (C=O) groups is 1. The van der Waals surface area contributed by atoms with E-state index in [0.717, 1.165) is 7.05 Å². The molecule has 0 bridgehead atoms. The van der Waals surface area contributed by atoms with E-state index < -0.39 is 27.5 Å². The summed E-state index contributed by atoms with van der Waals surface area (Å²) in [5, 5.41) is 19.8. The third-order valence-electron chi connectivity index (χ3n) is 3.07. The number of aliphatic carboxylic acids is 1. The molecule has 0 heterocycles. The zero-order valence-corrected chi connectivity index (χ0v) is 12.9. The van der Waals surface area contributed by atoms with Gasteiger partial charge in [-0.05, 0) is 32.4 Å². The molecule has 1 rings (SSSR count). The van der Waals surface area contributed by atoms with E-state index in [1.54, 1.807) is 0 Å². The van der Waals surface area contributed by atoms with E-state index >= 15 is 0 Å². The summed E-state index contributed by atoms with van der Waals surface area (Å²) in [4.78, 5) is 20.9. The van der Waals surface area contributed by atoms with Crippen LogP contribution in [0.15, 0.2) is 11.0 Å². The van der Waals surface area contributed by atoms with Gasteiger partial charge >= 0.3 is 5.97 Å². The van der Waals surface area contributed by atoms with Crippen LogP contribution in [0, 0.1) is 30.9 Å². The second-order valence-electron chi connectivity index (χ2n) is 4.73. The average Bonchev–Trinajstić information content (AvgIpc) is 2.25. The molecule has 0 aliphatic carbocycles. The zero-order valence-electron chi connectivity index (χ0n) is 12.1. The molecule has 0 spiro atoms. The normalized spacial score (nSPS) is 11.7. The van der Waals surface area contributed by atoms with Gasteiger partial charge in [0.25, 0.3) is 5.69 Å². The predicted octanol–water partition coefficient (Wildman–Crippen LogP) is 1.23. The number of sulfonamides is 1. The van der Waals surface area contributed by atoms with Gasteiger partial charge in [0.2, 0.25) is 10.0 Å². The standard InChI is InChI=1S/C12H16N2O6S/c1-7-5-8(2)12(9(3)11(7)14(17)18)21(19,20)13(4)6-10(15)16/h5H,6H2,1-4H3,(H,15,16).